The zero-order chi connectivity index (χ0) is 21.6. The van der Waals surface area contributed by atoms with E-state index < -0.39 is 19.0 Å². The summed E-state index contributed by atoms with van der Waals surface area (Å²) in [4.78, 5) is 12.2. The Hall–Kier alpha value is -2.09. The summed E-state index contributed by atoms with van der Waals surface area (Å²) in [6.45, 7) is -1.79. The summed E-state index contributed by atoms with van der Waals surface area (Å²) in [6, 6.07) is 9.19. The minimum Gasteiger partial charge on any atom is -0.496 e. The molecule has 0 aliphatic heterocycles. The Bertz CT molecular complexity index is 901. The Morgan fingerprint density at radius 1 is 1.14 bits per heavy atom. The Morgan fingerprint density at radius 3 is 2.48 bits per heavy atom. The van der Waals surface area contributed by atoms with Crippen LogP contribution in [0.15, 0.2) is 42.5 Å². The lowest BCUT2D eigenvalue weighted by Gasteiger charge is -2.16. The molecule has 0 atom stereocenters. The van der Waals surface area contributed by atoms with Crippen molar-refractivity contribution in [2.75, 3.05) is 13.7 Å². The predicted molar refractivity (Wildman–Crippen MR) is 103 cm³/mol. The highest BCUT2D eigenvalue weighted by atomic mass is 35.5. The van der Waals surface area contributed by atoms with Crippen molar-refractivity contribution in [2.24, 2.45) is 0 Å². The molecule has 2 rings (SSSR count). The highest BCUT2D eigenvalue weighted by Crippen LogP contribution is 2.26. The number of carbonyl (C=O) groups is 1. The second kappa shape index (κ2) is 10.1. The summed E-state index contributed by atoms with van der Waals surface area (Å²) in [6.07, 6.45) is -1.01. The molecule has 0 fully saturated rings. The predicted octanol–water partition coefficient (Wildman–Crippen LogP) is 6.32. The number of allylic oxidation sites excluding steroid dienone is 1. The van der Waals surface area contributed by atoms with E-state index in [-0.39, 0.29) is 17.4 Å². The molecule has 0 heterocycles. The van der Waals surface area contributed by atoms with Crippen molar-refractivity contribution < 1.29 is 31.8 Å². The number of carbonyl (C=O) groups excluding carboxylic acids is 1. The van der Waals surface area contributed by atoms with Gasteiger partial charge in [0.05, 0.1) is 23.8 Å². The molecular weight excluding hydrogens is 435 g/mol. The Kier molecular flexibility index (Phi) is 8.07. The first-order valence-electron chi connectivity index (χ1n) is 8.22. The van der Waals surface area contributed by atoms with E-state index in [1.165, 1.54) is 43.5 Å². The Labute approximate surface area is 174 Å². The van der Waals surface area contributed by atoms with Gasteiger partial charge in [-0.25, -0.2) is 8.78 Å². The number of alkyl halides is 4. The molecule has 0 aliphatic rings. The molecular formula is C20H16Cl2F4O3. The van der Waals surface area contributed by atoms with Gasteiger partial charge in [0.2, 0.25) is 0 Å². The molecule has 0 amide bonds. The van der Waals surface area contributed by atoms with E-state index in [4.69, 9.17) is 32.7 Å². The van der Waals surface area contributed by atoms with E-state index in [9.17, 15) is 22.4 Å². The van der Waals surface area contributed by atoms with Gasteiger partial charge in [-0.3, -0.25) is 4.79 Å². The van der Waals surface area contributed by atoms with E-state index in [1.807, 2.05) is 0 Å². The zero-order valence-electron chi connectivity index (χ0n) is 15.1. The second-order valence-corrected chi connectivity index (χ2v) is 6.77. The van der Waals surface area contributed by atoms with E-state index in [0.717, 1.165) is 0 Å². The highest BCUT2D eigenvalue weighted by Gasteiger charge is 2.40. The smallest absolute Gasteiger partial charge is 0.330 e. The minimum absolute atomic E-state index is 0.246. The van der Waals surface area contributed by atoms with Gasteiger partial charge in [-0.05, 0) is 42.0 Å². The van der Waals surface area contributed by atoms with Crippen LogP contribution in [0, 0.1) is 0 Å². The lowest BCUT2D eigenvalue weighted by molar-refractivity contribution is -0.168. The number of hydrogen-bond acceptors (Lipinski definition) is 3. The minimum atomic E-state index is -4.24. The van der Waals surface area contributed by atoms with Crippen LogP contribution in [0.3, 0.4) is 0 Å². The molecule has 156 valence electrons. The third kappa shape index (κ3) is 6.45. The maximum absolute atomic E-state index is 13.0. The van der Waals surface area contributed by atoms with E-state index in [1.54, 1.807) is 12.1 Å². The summed E-state index contributed by atoms with van der Waals surface area (Å²) in [7, 11) is 1.37. The SMILES string of the molecule is COc1ccc(/C=C/C(=O)c2ccc(Cl)c(Cl)c2)cc1COCC(F)(F)C(F)F. The molecule has 29 heavy (non-hydrogen) atoms. The molecule has 0 N–H and O–H groups in total. The van der Waals surface area contributed by atoms with Crippen molar-refractivity contribution in [3.8, 4) is 5.75 Å². The fourth-order valence-corrected chi connectivity index (χ4v) is 2.59. The van der Waals surface area contributed by atoms with Gasteiger partial charge in [-0.15, -0.1) is 0 Å². The third-order valence-corrected chi connectivity index (χ3v) is 4.55. The number of hydrogen-bond donors (Lipinski definition) is 0. The van der Waals surface area contributed by atoms with Crippen LogP contribution in [0.2, 0.25) is 10.0 Å². The Balaban J connectivity index is 2.11. The average molecular weight is 451 g/mol. The lowest BCUT2D eigenvalue weighted by Crippen LogP contribution is -2.32. The van der Waals surface area contributed by atoms with Crippen molar-refractivity contribution in [3.63, 3.8) is 0 Å². The average Bonchev–Trinajstić information content (AvgIpc) is 2.68. The standard InChI is InChI=1S/C20H16Cl2F4O3/c1-28-18-7-3-12(8-14(18)10-29-11-20(25,26)19(23)24)2-6-17(27)13-4-5-15(21)16(22)9-13/h2-9,19H,10-11H2,1H3/b6-2+. The monoisotopic (exact) mass is 450 g/mol. The van der Waals surface area contributed by atoms with Crippen molar-refractivity contribution in [1.29, 1.82) is 0 Å². The number of methoxy groups -OCH3 is 1. The van der Waals surface area contributed by atoms with Crippen molar-refractivity contribution >= 4 is 35.1 Å². The maximum Gasteiger partial charge on any atom is 0.330 e. The fourth-order valence-electron chi connectivity index (χ4n) is 2.29. The van der Waals surface area contributed by atoms with Crippen LogP contribution in [0.5, 0.6) is 5.75 Å². The van der Waals surface area contributed by atoms with Crippen LogP contribution in [-0.2, 0) is 11.3 Å². The number of ether oxygens (including phenoxy) is 2. The second-order valence-electron chi connectivity index (χ2n) is 5.95. The molecule has 2 aromatic carbocycles. The van der Waals surface area contributed by atoms with Crippen LogP contribution in [-0.4, -0.2) is 31.8 Å². The summed E-state index contributed by atoms with van der Waals surface area (Å²) in [5, 5.41) is 0.569. The van der Waals surface area contributed by atoms with E-state index >= 15 is 0 Å². The van der Waals surface area contributed by atoms with Gasteiger partial charge >= 0.3 is 12.3 Å². The number of ketones is 1. The van der Waals surface area contributed by atoms with Gasteiger partial charge in [-0.1, -0.05) is 35.3 Å². The normalized spacial score (nSPS) is 12.0. The molecule has 2 aromatic rings. The fraction of sp³-hybridized carbons (Fsp3) is 0.250. The van der Waals surface area contributed by atoms with Gasteiger partial charge in [0, 0.05) is 11.1 Å². The van der Waals surface area contributed by atoms with Gasteiger partial charge < -0.3 is 9.47 Å². The van der Waals surface area contributed by atoms with Crippen molar-refractivity contribution in [2.45, 2.75) is 19.0 Å². The summed E-state index contributed by atoms with van der Waals surface area (Å²) in [5.41, 5.74) is 1.25. The molecule has 9 heteroatoms. The molecule has 0 saturated carbocycles. The molecule has 0 unspecified atom stereocenters. The quantitative estimate of drug-likeness (QED) is 0.255. The maximum atomic E-state index is 13.0. The van der Waals surface area contributed by atoms with Gasteiger partial charge in [-0.2, -0.15) is 8.78 Å². The first kappa shape index (κ1) is 23.2. The van der Waals surface area contributed by atoms with Crippen LogP contribution in [0.4, 0.5) is 17.6 Å². The highest BCUT2D eigenvalue weighted by molar-refractivity contribution is 6.42. The summed E-state index contributed by atoms with van der Waals surface area (Å²) < 4.78 is 60.2. The van der Waals surface area contributed by atoms with Gasteiger partial charge in [0.1, 0.15) is 12.4 Å². The van der Waals surface area contributed by atoms with Gasteiger partial charge in [0.25, 0.3) is 0 Å². The summed E-state index contributed by atoms with van der Waals surface area (Å²) in [5.74, 6) is -4.23. The number of halogens is 6. The molecule has 0 spiro atoms. The van der Waals surface area contributed by atoms with E-state index in [2.05, 4.69) is 0 Å². The number of rotatable bonds is 9. The van der Waals surface area contributed by atoms with Crippen molar-refractivity contribution in [3.05, 3.63) is 69.2 Å². The van der Waals surface area contributed by atoms with Gasteiger partial charge in [0.15, 0.2) is 5.78 Å². The molecule has 0 aromatic heterocycles. The molecule has 0 radical (unpaired) electrons. The molecule has 0 bridgehead atoms. The largest absolute Gasteiger partial charge is 0.496 e. The zero-order valence-corrected chi connectivity index (χ0v) is 16.6. The summed E-state index contributed by atoms with van der Waals surface area (Å²) >= 11 is 11.7. The van der Waals surface area contributed by atoms with Crippen LogP contribution in [0.1, 0.15) is 21.5 Å². The van der Waals surface area contributed by atoms with Crippen LogP contribution < -0.4 is 4.74 Å². The first-order valence-corrected chi connectivity index (χ1v) is 8.97. The van der Waals surface area contributed by atoms with E-state index in [0.29, 0.717) is 27.5 Å². The molecule has 0 aliphatic carbocycles. The number of benzene rings is 2. The molecule has 0 saturated heterocycles. The molecule has 3 nitrogen and oxygen atoms in total. The first-order chi connectivity index (χ1) is 13.6. The van der Waals surface area contributed by atoms with Crippen LogP contribution in [0.25, 0.3) is 6.08 Å². The van der Waals surface area contributed by atoms with Crippen LogP contribution >= 0.6 is 23.2 Å². The topological polar surface area (TPSA) is 35.5 Å². The lowest BCUT2D eigenvalue weighted by atomic mass is 10.1. The van der Waals surface area contributed by atoms with Crippen molar-refractivity contribution in [1.82, 2.24) is 0 Å². The third-order valence-electron chi connectivity index (χ3n) is 3.81. The Morgan fingerprint density at radius 2 is 1.86 bits per heavy atom.